The summed E-state index contributed by atoms with van der Waals surface area (Å²) in [5, 5.41) is 9.11. The lowest BCUT2D eigenvalue weighted by atomic mass is 10.2. The molecule has 0 radical (unpaired) electrons. The average Bonchev–Trinajstić information content (AvgIpc) is 2.34. The molecule has 0 atom stereocenters. The number of anilines is 1. The highest BCUT2D eigenvalue weighted by Gasteiger charge is 2.19. The lowest BCUT2D eigenvalue weighted by Gasteiger charge is -2.25. The van der Waals surface area contributed by atoms with Crippen molar-refractivity contribution in [2.45, 2.75) is 13.8 Å². The second-order valence-corrected chi connectivity index (χ2v) is 4.37. The summed E-state index contributed by atoms with van der Waals surface area (Å²) in [4.78, 5) is 21.0. The van der Waals surface area contributed by atoms with E-state index in [9.17, 15) is 4.79 Å². The van der Waals surface area contributed by atoms with E-state index in [1.54, 1.807) is 7.11 Å². The fourth-order valence-corrected chi connectivity index (χ4v) is 1.64. The van der Waals surface area contributed by atoms with E-state index in [0.29, 0.717) is 31.4 Å². The topological polar surface area (TPSA) is 75.5 Å². The Morgan fingerprint density at radius 1 is 1.44 bits per heavy atom. The van der Waals surface area contributed by atoms with Crippen molar-refractivity contribution in [2.75, 3.05) is 31.7 Å². The SMILES string of the molecule is COCCN(CC(C)C)c1nccnc1C(=O)O. The Morgan fingerprint density at radius 3 is 2.67 bits per heavy atom. The number of carboxylic acid groups (broad SMARTS) is 1. The van der Waals surface area contributed by atoms with Gasteiger partial charge in [-0.05, 0) is 5.92 Å². The van der Waals surface area contributed by atoms with Gasteiger partial charge in [0, 0.05) is 32.6 Å². The Morgan fingerprint density at radius 2 is 2.11 bits per heavy atom. The van der Waals surface area contributed by atoms with Crippen LogP contribution in [0.1, 0.15) is 24.3 Å². The zero-order chi connectivity index (χ0) is 13.5. The number of hydrogen-bond acceptors (Lipinski definition) is 5. The van der Waals surface area contributed by atoms with E-state index in [2.05, 4.69) is 23.8 Å². The maximum Gasteiger partial charge on any atom is 0.358 e. The second kappa shape index (κ2) is 6.90. The van der Waals surface area contributed by atoms with Crippen LogP contribution < -0.4 is 4.90 Å². The minimum Gasteiger partial charge on any atom is -0.476 e. The lowest BCUT2D eigenvalue weighted by molar-refractivity contribution is 0.0690. The fourth-order valence-electron chi connectivity index (χ4n) is 1.64. The highest BCUT2D eigenvalue weighted by Crippen LogP contribution is 2.16. The Hall–Kier alpha value is -1.69. The molecule has 0 bridgehead atoms. The molecule has 0 aliphatic rings. The summed E-state index contributed by atoms with van der Waals surface area (Å²) in [6.45, 7) is 5.95. The summed E-state index contributed by atoms with van der Waals surface area (Å²) in [6, 6.07) is 0. The molecule has 0 aliphatic heterocycles. The van der Waals surface area contributed by atoms with Gasteiger partial charge in [-0.15, -0.1) is 0 Å². The van der Waals surface area contributed by atoms with Crippen LogP contribution in [-0.2, 0) is 4.74 Å². The molecule has 1 rings (SSSR count). The van der Waals surface area contributed by atoms with E-state index in [0.717, 1.165) is 0 Å². The summed E-state index contributed by atoms with van der Waals surface area (Å²) in [7, 11) is 1.61. The summed E-state index contributed by atoms with van der Waals surface area (Å²) in [6.07, 6.45) is 2.89. The maximum absolute atomic E-state index is 11.1. The standard InChI is InChI=1S/C12H19N3O3/c1-9(2)8-15(6-7-18-3)11-10(12(16)17)13-4-5-14-11/h4-5,9H,6-8H2,1-3H3,(H,16,17). The van der Waals surface area contributed by atoms with E-state index < -0.39 is 5.97 Å². The predicted octanol–water partition coefficient (Wildman–Crippen LogP) is 1.28. The van der Waals surface area contributed by atoms with Crippen LogP contribution in [0.3, 0.4) is 0 Å². The Bertz CT molecular complexity index is 396. The molecule has 0 aliphatic carbocycles. The minimum atomic E-state index is -1.07. The normalized spacial score (nSPS) is 10.7. The van der Waals surface area contributed by atoms with E-state index in [-0.39, 0.29) is 5.69 Å². The molecule has 1 aromatic rings. The van der Waals surface area contributed by atoms with Gasteiger partial charge in [0.05, 0.1) is 6.61 Å². The molecule has 1 N–H and O–H groups in total. The number of methoxy groups -OCH3 is 1. The molecule has 6 nitrogen and oxygen atoms in total. The number of carboxylic acids is 1. The molecule has 100 valence electrons. The van der Waals surface area contributed by atoms with Crippen molar-refractivity contribution >= 4 is 11.8 Å². The first-order chi connectivity index (χ1) is 8.56. The zero-order valence-corrected chi connectivity index (χ0v) is 11.0. The van der Waals surface area contributed by atoms with E-state index >= 15 is 0 Å². The highest BCUT2D eigenvalue weighted by atomic mass is 16.5. The summed E-state index contributed by atoms with van der Waals surface area (Å²) in [5.41, 5.74) is -0.0192. The Balaban J connectivity index is 2.99. The molecule has 0 fully saturated rings. The predicted molar refractivity (Wildman–Crippen MR) is 67.9 cm³/mol. The van der Waals surface area contributed by atoms with Crippen molar-refractivity contribution in [1.29, 1.82) is 0 Å². The van der Waals surface area contributed by atoms with Crippen LogP contribution in [0.2, 0.25) is 0 Å². The molecular formula is C12H19N3O3. The first kappa shape index (κ1) is 14.4. The third kappa shape index (κ3) is 3.96. The molecular weight excluding hydrogens is 234 g/mol. The van der Waals surface area contributed by atoms with Crippen LogP contribution in [0.4, 0.5) is 5.82 Å². The number of ether oxygens (including phenoxy) is 1. The van der Waals surface area contributed by atoms with Gasteiger partial charge in [-0.25, -0.2) is 14.8 Å². The van der Waals surface area contributed by atoms with Crippen LogP contribution in [-0.4, -0.2) is 47.8 Å². The molecule has 0 saturated carbocycles. The number of nitrogens with zero attached hydrogens (tertiary/aromatic N) is 3. The summed E-state index contributed by atoms with van der Waals surface area (Å²) in [5.74, 6) is -0.273. The van der Waals surface area contributed by atoms with Gasteiger partial charge in [0.25, 0.3) is 0 Å². The van der Waals surface area contributed by atoms with Crippen LogP contribution >= 0.6 is 0 Å². The van der Waals surface area contributed by atoms with Gasteiger partial charge in [0.15, 0.2) is 11.5 Å². The fraction of sp³-hybridized carbons (Fsp3) is 0.583. The van der Waals surface area contributed by atoms with E-state index in [1.165, 1.54) is 12.4 Å². The molecule has 0 spiro atoms. The van der Waals surface area contributed by atoms with Gasteiger partial charge >= 0.3 is 5.97 Å². The van der Waals surface area contributed by atoms with Gasteiger partial charge in [-0.1, -0.05) is 13.8 Å². The number of rotatable bonds is 7. The highest BCUT2D eigenvalue weighted by molar-refractivity contribution is 5.90. The van der Waals surface area contributed by atoms with Gasteiger partial charge in [0.1, 0.15) is 0 Å². The molecule has 1 heterocycles. The van der Waals surface area contributed by atoms with Crippen molar-refractivity contribution in [2.24, 2.45) is 5.92 Å². The summed E-state index contributed by atoms with van der Waals surface area (Å²) < 4.78 is 5.04. The Labute approximate surface area is 107 Å². The van der Waals surface area contributed by atoms with E-state index in [1.807, 2.05) is 4.90 Å². The molecule has 0 saturated heterocycles. The zero-order valence-electron chi connectivity index (χ0n) is 11.0. The van der Waals surface area contributed by atoms with Crippen molar-refractivity contribution in [3.63, 3.8) is 0 Å². The maximum atomic E-state index is 11.1. The number of carbonyl (C=O) groups is 1. The third-order valence-corrected chi connectivity index (χ3v) is 2.33. The first-order valence-corrected chi connectivity index (χ1v) is 5.84. The molecule has 0 amide bonds. The van der Waals surface area contributed by atoms with Crippen LogP contribution in [0.25, 0.3) is 0 Å². The summed E-state index contributed by atoms with van der Waals surface area (Å²) >= 11 is 0. The van der Waals surface area contributed by atoms with Crippen LogP contribution in [0, 0.1) is 5.92 Å². The average molecular weight is 253 g/mol. The van der Waals surface area contributed by atoms with Crippen molar-refractivity contribution in [1.82, 2.24) is 9.97 Å². The van der Waals surface area contributed by atoms with Crippen molar-refractivity contribution in [3.05, 3.63) is 18.1 Å². The number of aromatic nitrogens is 2. The monoisotopic (exact) mass is 253 g/mol. The van der Waals surface area contributed by atoms with Gasteiger partial charge in [-0.3, -0.25) is 0 Å². The Kier molecular flexibility index (Phi) is 5.51. The first-order valence-electron chi connectivity index (χ1n) is 5.84. The van der Waals surface area contributed by atoms with Gasteiger partial charge < -0.3 is 14.7 Å². The van der Waals surface area contributed by atoms with Crippen LogP contribution in [0.15, 0.2) is 12.4 Å². The smallest absolute Gasteiger partial charge is 0.358 e. The third-order valence-electron chi connectivity index (χ3n) is 2.33. The molecule has 1 aromatic heterocycles. The molecule has 18 heavy (non-hydrogen) atoms. The largest absolute Gasteiger partial charge is 0.476 e. The molecule has 6 heteroatoms. The van der Waals surface area contributed by atoms with Gasteiger partial charge in [0.2, 0.25) is 0 Å². The number of hydrogen-bond donors (Lipinski definition) is 1. The second-order valence-electron chi connectivity index (χ2n) is 4.37. The number of aromatic carboxylic acids is 1. The van der Waals surface area contributed by atoms with Crippen LogP contribution in [0.5, 0.6) is 0 Å². The molecule has 0 unspecified atom stereocenters. The van der Waals surface area contributed by atoms with E-state index in [4.69, 9.17) is 9.84 Å². The molecule has 0 aromatic carbocycles. The van der Waals surface area contributed by atoms with Crippen molar-refractivity contribution in [3.8, 4) is 0 Å². The minimum absolute atomic E-state index is 0.0192. The van der Waals surface area contributed by atoms with Crippen molar-refractivity contribution < 1.29 is 14.6 Å². The lowest BCUT2D eigenvalue weighted by Crippen LogP contribution is -2.33. The quantitative estimate of drug-likeness (QED) is 0.789. The van der Waals surface area contributed by atoms with Gasteiger partial charge in [-0.2, -0.15) is 0 Å².